The van der Waals surface area contributed by atoms with Gasteiger partial charge in [0.2, 0.25) is 0 Å². The highest BCUT2D eigenvalue weighted by atomic mass is 14.8. The molecule has 0 spiro atoms. The molecule has 2 N–H and O–H groups in total. The van der Waals surface area contributed by atoms with E-state index in [0.29, 0.717) is 0 Å². The van der Waals surface area contributed by atoms with Crippen LogP contribution in [-0.4, -0.2) is 29.9 Å². The number of rotatable bonds is 0. The molecule has 4 aliphatic rings. The van der Waals surface area contributed by atoms with E-state index in [-0.39, 0.29) is 0 Å². The first-order valence-electron chi connectivity index (χ1n) is 11.1. The summed E-state index contributed by atoms with van der Waals surface area (Å²) in [6.07, 6.45) is 15.8. The first-order valence-corrected chi connectivity index (χ1v) is 11.1. The van der Waals surface area contributed by atoms with Gasteiger partial charge in [-0.25, -0.2) is 9.97 Å². The van der Waals surface area contributed by atoms with E-state index in [1.165, 1.54) is 0 Å². The summed E-state index contributed by atoms with van der Waals surface area (Å²) >= 11 is 0. The number of fused-ring (bicyclic) bond motifs is 14. The van der Waals surface area contributed by atoms with E-state index in [4.69, 9.17) is 9.97 Å². The largest absolute Gasteiger partial charge is 0.355 e. The van der Waals surface area contributed by atoms with Crippen molar-refractivity contribution in [2.24, 2.45) is 0 Å². The lowest BCUT2D eigenvalue weighted by molar-refractivity contribution is 1.21. The molecule has 4 aliphatic heterocycles. The fourth-order valence-electron chi connectivity index (χ4n) is 4.48. The molecule has 7 rings (SSSR count). The highest BCUT2D eigenvalue weighted by Gasteiger charge is 2.18. The summed E-state index contributed by atoms with van der Waals surface area (Å²) in [6, 6.07) is 16.2. The first kappa shape index (κ1) is 18.7. The van der Waals surface area contributed by atoms with Crippen molar-refractivity contribution in [1.82, 2.24) is 29.9 Å². The number of hydrogen-bond acceptors (Lipinski definition) is 4. The van der Waals surface area contributed by atoms with E-state index in [1.54, 1.807) is 12.4 Å². The maximum atomic E-state index is 4.93. The summed E-state index contributed by atoms with van der Waals surface area (Å²) in [5, 5.41) is 1.87. The second-order valence-corrected chi connectivity index (χ2v) is 8.26. The lowest BCUT2D eigenvalue weighted by atomic mass is 10.1. The molecule has 0 aliphatic carbocycles. The van der Waals surface area contributed by atoms with Crippen LogP contribution >= 0.6 is 0 Å². The smallest absolute Gasteiger partial charge is 0.0981 e. The van der Waals surface area contributed by atoms with Crippen LogP contribution < -0.4 is 10.7 Å². The van der Waals surface area contributed by atoms with Gasteiger partial charge in [0.25, 0.3) is 0 Å². The van der Waals surface area contributed by atoms with E-state index in [0.717, 1.165) is 67.4 Å². The van der Waals surface area contributed by atoms with Gasteiger partial charge in [-0.2, -0.15) is 0 Å². The Hall–Kier alpha value is -4.84. The number of aromatic amines is 2. The third kappa shape index (κ3) is 3.12. The number of nitrogens with one attached hydrogen (secondary N) is 2. The highest BCUT2D eigenvalue weighted by Crippen LogP contribution is 2.34. The first-order chi connectivity index (χ1) is 16.8. The predicted octanol–water partition coefficient (Wildman–Crippen LogP) is 4.21. The molecule has 0 atom stereocenters. The van der Waals surface area contributed by atoms with E-state index < -0.39 is 0 Å². The Morgan fingerprint density at radius 2 is 1.06 bits per heavy atom. The Bertz CT molecular complexity index is 1640. The summed E-state index contributed by atoms with van der Waals surface area (Å²) in [5.41, 5.74) is 9.07. The zero-order valence-electron chi connectivity index (χ0n) is 18.0. The molecule has 8 bridgehead atoms. The Morgan fingerprint density at radius 3 is 1.56 bits per heavy atom. The van der Waals surface area contributed by atoms with E-state index in [9.17, 15) is 0 Å². The summed E-state index contributed by atoms with van der Waals surface area (Å²) in [6.45, 7) is 0. The maximum absolute atomic E-state index is 4.93. The molecule has 6 nitrogen and oxygen atoms in total. The van der Waals surface area contributed by atoms with Crippen molar-refractivity contribution in [1.29, 1.82) is 0 Å². The molecule has 160 valence electrons. The van der Waals surface area contributed by atoms with Gasteiger partial charge in [-0.3, -0.25) is 9.97 Å². The summed E-state index contributed by atoms with van der Waals surface area (Å²) < 4.78 is 0. The molecule has 0 aromatic carbocycles. The zero-order chi connectivity index (χ0) is 22.5. The quantitative estimate of drug-likeness (QED) is 0.380. The van der Waals surface area contributed by atoms with Crippen LogP contribution in [0.4, 0.5) is 0 Å². The molecule has 7 heterocycles. The van der Waals surface area contributed by atoms with Crippen molar-refractivity contribution >= 4 is 24.3 Å². The summed E-state index contributed by atoms with van der Waals surface area (Å²) in [7, 11) is 0. The second-order valence-electron chi connectivity index (χ2n) is 8.26. The van der Waals surface area contributed by atoms with Crippen LogP contribution in [0.2, 0.25) is 0 Å². The van der Waals surface area contributed by atoms with Crippen molar-refractivity contribution < 1.29 is 0 Å². The Kier molecular flexibility index (Phi) is 4.04. The minimum Gasteiger partial charge on any atom is -0.355 e. The van der Waals surface area contributed by atoms with E-state index in [2.05, 4.69) is 44.2 Å². The van der Waals surface area contributed by atoms with Crippen LogP contribution in [0.3, 0.4) is 0 Å². The van der Waals surface area contributed by atoms with Gasteiger partial charge in [-0.1, -0.05) is 12.2 Å². The number of pyridine rings is 2. The molecule has 0 saturated heterocycles. The van der Waals surface area contributed by atoms with Gasteiger partial charge in [0.05, 0.1) is 34.2 Å². The third-order valence-electron chi connectivity index (χ3n) is 5.98. The van der Waals surface area contributed by atoms with Gasteiger partial charge in [0.15, 0.2) is 0 Å². The van der Waals surface area contributed by atoms with Gasteiger partial charge in [-0.05, 0) is 72.8 Å². The zero-order valence-corrected chi connectivity index (χ0v) is 18.0. The topological polar surface area (TPSA) is 83.1 Å². The van der Waals surface area contributed by atoms with Crippen LogP contribution in [-0.2, 0) is 0 Å². The molecule has 0 saturated carbocycles. The van der Waals surface area contributed by atoms with Crippen molar-refractivity contribution in [3.05, 3.63) is 95.2 Å². The fourth-order valence-corrected chi connectivity index (χ4v) is 4.48. The second kappa shape index (κ2) is 7.35. The lowest BCUT2D eigenvalue weighted by Gasteiger charge is -2.00. The van der Waals surface area contributed by atoms with E-state index >= 15 is 0 Å². The average Bonchev–Trinajstić information content (AvgIpc) is 3.37. The van der Waals surface area contributed by atoms with Crippen LogP contribution in [0.1, 0.15) is 11.4 Å². The van der Waals surface area contributed by atoms with Gasteiger partial charge in [-0.15, -0.1) is 0 Å². The van der Waals surface area contributed by atoms with Gasteiger partial charge >= 0.3 is 0 Å². The number of hydrogen-bond donors (Lipinski definition) is 2. The predicted molar refractivity (Wildman–Crippen MR) is 134 cm³/mol. The number of nitrogens with zero attached hydrogens (tertiary/aromatic N) is 4. The third-order valence-corrected chi connectivity index (χ3v) is 5.98. The molecule has 34 heavy (non-hydrogen) atoms. The SMILES string of the molecule is C1=Cc2cc3nc(cc4[nH]c(cc5nc(cc([nH]2)=C1)-c1ncccc1-5)C=CC=4)-c1ncccc1-3. The number of aromatic nitrogens is 6. The van der Waals surface area contributed by atoms with Crippen molar-refractivity contribution in [3.63, 3.8) is 0 Å². The highest BCUT2D eigenvalue weighted by molar-refractivity contribution is 5.84. The van der Waals surface area contributed by atoms with Crippen LogP contribution in [0.25, 0.3) is 69.6 Å². The number of H-pyrrole nitrogens is 2. The molecule has 0 radical (unpaired) electrons. The Balaban J connectivity index is 1.62. The lowest BCUT2D eigenvalue weighted by Crippen LogP contribution is -2.07. The average molecular weight is 438 g/mol. The molecule has 6 heteroatoms. The Labute approximate surface area is 194 Å². The summed E-state index contributed by atoms with van der Waals surface area (Å²) in [5.74, 6) is 0. The minimum absolute atomic E-state index is 0.827. The maximum Gasteiger partial charge on any atom is 0.0981 e. The molecule has 0 amide bonds. The van der Waals surface area contributed by atoms with Crippen LogP contribution in [0.15, 0.2) is 73.1 Å². The van der Waals surface area contributed by atoms with Crippen molar-refractivity contribution in [2.45, 2.75) is 0 Å². The molecular formula is C28H18N6. The van der Waals surface area contributed by atoms with Crippen LogP contribution in [0, 0.1) is 0 Å². The Morgan fingerprint density at radius 1 is 0.559 bits per heavy atom. The molecule has 3 aromatic heterocycles. The van der Waals surface area contributed by atoms with Gasteiger partial charge in [0, 0.05) is 45.6 Å². The normalized spacial score (nSPS) is 12.9. The van der Waals surface area contributed by atoms with Gasteiger partial charge < -0.3 is 9.97 Å². The minimum atomic E-state index is 0.827. The van der Waals surface area contributed by atoms with Crippen molar-refractivity contribution in [3.8, 4) is 45.3 Å². The molecule has 0 unspecified atom stereocenters. The van der Waals surface area contributed by atoms with Crippen molar-refractivity contribution in [2.75, 3.05) is 0 Å². The fraction of sp³-hybridized carbons (Fsp3) is 0. The monoisotopic (exact) mass is 438 g/mol. The van der Waals surface area contributed by atoms with Crippen LogP contribution in [0.5, 0.6) is 0 Å². The van der Waals surface area contributed by atoms with E-state index in [1.807, 2.05) is 60.7 Å². The summed E-state index contributed by atoms with van der Waals surface area (Å²) in [4.78, 5) is 26.1. The van der Waals surface area contributed by atoms with Gasteiger partial charge in [0.1, 0.15) is 0 Å². The number of allylic oxidation sites excluding steroid dienone is 2. The molecule has 0 fully saturated rings. The standard InChI is InChI=1S/C28H18N6/c1-5-17-13-23-21-9-3-12-30-28(21)26(33-23)16-20-8-2-6-18(32-20)14-24-22-10-4-11-29-27(22)25(34-24)15-19(7-1)31-17/h1-16,31-32H. The molecule has 3 aromatic rings. The molecular weight excluding hydrogens is 420 g/mol.